The van der Waals surface area contributed by atoms with Crippen LogP contribution in [0.4, 0.5) is 0 Å². The van der Waals surface area contributed by atoms with Gasteiger partial charge in [0.2, 0.25) is 0 Å². The first-order valence-corrected chi connectivity index (χ1v) is 7.21. The second-order valence-electron chi connectivity index (χ2n) is 4.84. The molecule has 0 atom stereocenters. The van der Waals surface area contributed by atoms with Crippen LogP contribution in [0.2, 0.25) is 0 Å². The summed E-state index contributed by atoms with van der Waals surface area (Å²) in [4.78, 5) is 11.7. The fourth-order valence-electron chi connectivity index (χ4n) is 2.34. The smallest absolute Gasteiger partial charge is 0.349 e. The Bertz CT molecular complexity index is 429. The van der Waals surface area contributed by atoms with Gasteiger partial charge in [0.15, 0.2) is 0 Å². The van der Waals surface area contributed by atoms with E-state index in [0.29, 0.717) is 6.61 Å². The van der Waals surface area contributed by atoms with Crippen molar-refractivity contribution in [2.24, 2.45) is 0 Å². The van der Waals surface area contributed by atoms with Crippen LogP contribution in [0.25, 0.3) is 0 Å². The van der Waals surface area contributed by atoms with E-state index >= 15 is 0 Å². The molecule has 0 unspecified atom stereocenters. The number of esters is 1. The van der Waals surface area contributed by atoms with Gasteiger partial charge in [0.25, 0.3) is 0 Å². The monoisotopic (exact) mass is 277 g/mol. The second kappa shape index (κ2) is 9.33. The highest BCUT2D eigenvalue weighted by atomic mass is 16.5. The number of methoxy groups -OCH3 is 1. The standard InChI is InChI=1S/C16H23NO3/c1-3-20-16(18)15(12-17)14-9-6-8-13(11-14)7-4-5-10-19-2/h11H,3-10H2,1-2H3/b15-14-. The Labute approximate surface area is 121 Å². The van der Waals surface area contributed by atoms with Crippen LogP contribution in [0.3, 0.4) is 0 Å². The summed E-state index contributed by atoms with van der Waals surface area (Å²) >= 11 is 0. The number of carbonyl (C=O) groups excluding carboxylic acids is 1. The summed E-state index contributed by atoms with van der Waals surface area (Å²) in [5.74, 6) is -0.498. The summed E-state index contributed by atoms with van der Waals surface area (Å²) in [6, 6.07) is 1.99. The van der Waals surface area contributed by atoms with Gasteiger partial charge in [-0.15, -0.1) is 0 Å². The number of nitrogens with zero attached hydrogens (tertiary/aromatic N) is 1. The number of hydrogen-bond acceptors (Lipinski definition) is 4. The summed E-state index contributed by atoms with van der Waals surface area (Å²) in [5.41, 5.74) is 2.32. The minimum atomic E-state index is -0.498. The van der Waals surface area contributed by atoms with Crippen LogP contribution in [0.5, 0.6) is 0 Å². The van der Waals surface area contributed by atoms with E-state index in [1.807, 2.05) is 12.1 Å². The van der Waals surface area contributed by atoms with E-state index < -0.39 is 5.97 Å². The van der Waals surface area contributed by atoms with E-state index in [9.17, 15) is 4.79 Å². The van der Waals surface area contributed by atoms with Crippen molar-refractivity contribution in [1.29, 1.82) is 5.26 Å². The van der Waals surface area contributed by atoms with Crippen molar-refractivity contribution in [3.8, 4) is 6.07 Å². The van der Waals surface area contributed by atoms with E-state index in [4.69, 9.17) is 14.7 Å². The molecule has 1 aliphatic rings. The maximum atomic E-state index is 11.7. The van der Waals surface area contributed by atoms with Gasteiger partial charge in [0.1, 0.15) is 11.6 Å². The highest BCUT2D eigenvalue weighted by Gasteiger charge is 2.18. The van der Waals surface area contributed by atoms with Gasteiger partial charge < -0.3 is 9.47 Å². The van der Waals surface area contributed by atoms with Gasteiger partial charge >= 0.3 is 5.97 Å². The summed E-state index contributed by atoms with van der Waals surface area (Å²) < 4.78 is 9.96. The van der Waals surface area contributed by atoms with E-state index in [1.165, 1.54) is 5.57 Å². The van der Waals surface area contributed by atoms with E-state index in [-0.39, 0.29) is 5.57 Å². The summed E-state index contributed by atoms with van der Waals surface area (Å²) in [7, 11) is 1.71. The fraction of sp³-hybridized carbons (Fsp3) is 0.625. The Morgan fingerprint density at radius 3 is 2.85 bits per heavy atom. The third-order valence-corrected chi connectivity index (χ3v) is 3.33. The fourth-order valence-corrected chi connectivity index (χ4v) is 2.34. The summed E-state index contributed by atoms with van der Waals surface area (Å²) in [5, 5.41) is 9.15. The average molecular weight is 277 g/mol. The van der Waals surface area contributed by atoms with Gasteiger partial charge in [-0.3, -0.25) is 0 Å². The number of carbonyl (C=O) groups is 1. The highest BCUT2D eigenvalue weighted by Crippen LogP contribution is 2.28. The van der Waals surface area contributed by atoms with Gasteiger partial charge in [-0.25, -0.2) is 4.79 Å². The minimum absolute atomic E-state index is 0.168. The van der Waals surface area contributed by atoms with Crippen LogP contribution in [0.1, 0.15) is 45.4 Å². The van der Waals surface area contributed by atoms with Gasteiger partial charge in [-0.1, -0.05) is 11.6 Å². The molecule has 0 N–H and O–H groups in total. The van der Waals surface area contributed by atoms with Crippen molar-refractivity contribution in [2.75, 3.05) is 20.3 Å². The first-order chi connectivity index (χ1) is 9.72. The molecule has 4 heteroatoms. The molecule has 0 fully saturated rings. The van der Waals surface area contributed by atoms with E-state index in [2.05, 4.69) is 0 Å². The lowest BCUT2D eigenvalue weighted by atomic mass is 9.90. The lowest BCUT2D eigenvalue weighted by molar-refractivity contribution is -0.138. The first kappa shape index (κ1) is 16.5. The third-order valence-electron chi connectivity index (χ3n) is 3.33. The number of hydrogen-bond donors (Lipinski definition) is 0. The van der Waals surface area contributed by atoms with Crippen LogP contribution in [-0.2, 0) is 14.3 Å². The van der Waals surface area contributed by atoms with Gasteiger partial charge in [0, 0.05) is 13.7 Å². The zero-order valence-electron chi connectivity index (χ0n) is 12.4. The zero-order chi connectivity index (χ0) is 14.8. The number of allylic oxidation sites excluding steroid dienone is 3. The predicted molar refractivity (Wildman–Crippen MR) is 76.9 cm³/mol. The average Bonchev–Trinajstić information content (AvgIpc) is 2.45. The predicted octanol–water partition coefficient (Wildman–Crippen LogP) is 3.30. The Kier molecular flexibility index (Phi) is 7.67. The molecule has 4 nitrogen and oxygen atoms in total. The lowest BCUT2D eigenvalue weighted by Gasteiger charge is -2.16. The molecule has 0 radical (unpaired) electrons. The van der Waals surface area contributed by atoms with Gasteiger partial charge in [-0.05, 0) is 51.0 Å². The normalized spacial score (nSPS) is 17.1. The SMILES string of the molecule is CCOC(=O)/C(C#N)=C1\C=C(CCCCOC)CCC1. The molecule has 0 amide bonds. The third kappa shape index (κ3) is 5.18. The molecule has 0 saturated carbocycles. The number of nitriles is 1. The lowest BCUT2D eigenvalue weighted by Crippen LogP contribution is -2.10. The molecule has 110 valence electrons. The summed E-state index contributed by atoms with van der Waals surface area (Å²) in [6.45, 7) is 2.82. The van der Waals surface area contributed by atoms with Gasteiger partial charge in [0.05, 0.1) is 6.61 Å². The number of unbranched alkanes of at least 4 members (excludes halogenated alkanes) is 1. The highest BCUT2D eigenvalue weighted by molar-refractivity contribution is 5.94. The van der Waals surface area contributed by atoms with Crippen LogP contribution >= 0.6 is 0 Å². The molecule has 0 aromatic carbocycles. The van der Waals surface area contributed by atoms with Crippen LogP contribution in [-0.4, -0.2) is 26.3 Å². The number of ether oxygens (including phenoxy) is 2. The Morgan fingerprint density at radius 2 is 2.20 bits per heavy atom. The molecular formula is C16H23NO3. The molecule has 0 spiro atoms. The molecule has 20 heavy (non-hydrogen) atoms. The minimum Gasteiger partial charge on any atom is -0.462 e. The van der Waals surface area contributed by atoms with E-state index in [0.717, 1.165) is 50.7 Å². The Balaban J connectivity index is 2.73. The van der Waals surface area contributed by atoms with Crippen molar-refractivity contribution in [3.63, 3.8) is 0 Å². The quantitative estimate of drug-likeness (QED) is 0.310. The topological polar surface area (TPSA) is 59.3 Å². The van der Waals surface area contributed by atoms with Crippen molar-refractivity contribution < 1.29 is 14.3 Å². The molecule has 0 bridgehead atoms. The summed E-state index contributed by atoms with van der Waals surface area (Å²) in [6.07, 6.45) is 7.97. The van der Waals surface area contributed by atoms with Crippen molar-refractivity contribution in [2.45, 2.75) is 45.4 Å². The Hall–Kier alpha value is -1.60. The first-order valence-electron chi connectivity index (χ1n) is 7.21. The molecule has 0 aromatic heterocycles. The molecule has 1 aliphatic carbocycles. The van der Waals surface area contributed by atoms with E-state index in [1.54, 1.807) is 14.0 Å². The Morgan fingerprint density at radius 1 is 1.40 bits per heavy atom. The van der Waals surface area contributed by atoms with Crippen LogP contribution in [0, 0.1) is 11.3 Å². The molecule has 0 heterocycles. The van der Waals surface area contributed by atoms with Crippen LogP contribution < -0.4 is 0 Å². The largest absolute Gasteiger partial charge is 0.462 e. The molecule has 0 aliphatic heterocycles. The number of rotatable bonds is 7. The van der Waals surface area contributed by atoms with Crippen LogP contribution in [0.15, 0.2) is 22.8 Å². The van der Waals surface area contributed by atoms with Crippen molar-refractivity contribution in [1.82, 2.24) is 0 Å². The van der Waals surface area contributed by atoms with Gasteiger partial charge in [-0.2, -0.15) is 5.26 Å². The zero-order valence-corrected chi connectivity index (χ0v) is 12.4. The molecule has 1 rings (SSSR count). The maximum absolute atomic E-state index is 11.7. The second-order valence-corrected chi connectivity index (χ2v) is 4.84. The maximum Gasteiger partial charge on any atom is 0.349 e. The van der Waals surface area contributed by atoms with Crippen molar-refractivity contribution in [3.05, 3.63) is 22.8 Å². The molecule has 0 saturated heterocycles. The van der Waals surface area contributed by atoms with Crippen molar-refractivity contribution >= 4 is 5.97 Å². The molecule has 0 aromatic rings. The molecular weight excluding hydrogens is 254 g/mol.